The van der Waals surface area contributed by atoms with Gasteiger partial charge in [-0.2, -0.15) is 5.10 Å². The average molecular weight is 740 g/mol. The van der Waals surface area contributed by atoms with Crippen molar-refractivity contribution in [2.75, 3.05) is 20.3 Å². The van der Waals surface area contributed by atoms with Gasteiger partial charge < -0.3 is 28.4 Å². The van der Waals surface area contributed by atoms with Gasteiger partial charge in [-0.25, -0.2) is 5.43 Å². The van der Waals surface area contributed by atoms with Crippen LogP contribution in [0.2, 0.25) is 0 Å². The summed E-state index contributed by atoms with van der Waals surface area (Å²) in [5.74, 6) is 2.95. The van der Waals surface area contributed by atoms with Crippen LogP contribution in [-0.4, -0.2) is 32.4 Å². The topological polar surface area (TPSA) is 96.8 Å². The van der Waals surface area contributed by atoms with E-state index in [1.54, 1.807) is 31.4 Å². The molecule has 10 heteroatoms. The number of hydrogen-bond donors (Lipinski definition) is 1. The van der Waals surface area contributed by atoms with E-state index in [-0.39, 0.29) is 6.61 Å². The van der Waals surface area contributed by atoms with E-state index < -0.39 is 5.91 Å². The highest BCUT2D eigenvalue weighted by Crippen LogP contribution is 2.38. The van der Waals surface area contributed by atoms with Crippen molar-refractivity contribution in [1.29, 1.82) is 0 Å². The molecule has 1 N–H and O–H groups in total. The zero-order valence-electron chi connectivity index (χ0n) is 28.2. The Bertz CT molecular complexity index is 1880. The molecule has 0 saturated carbocycles. The maximum absolute atomic E-state index is 13.0. The van der Waals surface area contributed by atoms with Crippen LogP contribution in [-0.2, 0) is 19.8 Å². The third-order valence-electron chi connectivity index (χ3n) is 7.30. The highest BCUT2D eigenvalue weighted by molar-refractivity contribution is 9.10. The lowest BCUT2D eigenvalue weighted by molar-refractivity contribution is 0.0954. The molecule has 0 aliphatic heterocycles. The number of amides is 1. The monoisotopic (exact) mass is 738 g/mol. The number of hydrogen-bond acceptors (Lipinski definition) is 8. The largest absolute Gasteiger partial charge is 0.493 e. The molecule has 0 radical (unpaired) electrons. The van der Waals surface area contributed by atoms with Crippen LogP contribution in [0.25, 0.3) is 0 Å². The molecule has 9 nitrogen and oxygen atoms in total. The van der Waals surface area contributed by atoms with Crippen LogP contribution in [0.5, 0.6) is 34.5 Å². The number of nitrogens with zero attached hydrogens (tertiary/aromatic N) is 1. The van der Waals surface area contributed by atoms with Crippen molar-refractivity contribution in [3.05, 3.63) is 141 Å². The lowest BCUT2D eigenvalue weighted by atomic mass is 10.2. The molecule has 0 aromatic heterocycles. The van der Waals surface area contributed by atoms with Crippen LogP contribution in [0.15, 0.2) is 119 Å². The SMILES string of the molecule is CCOc1cc(C(=O)N/N=C/c2cc(Br)c(OCc3ccc(OCc4ccccc4)c(OC)c3)c(OCC)c2)ccc1OCc1ccccc1. The molecule has 258 valence electrons. The normalized spacial score (nSPS) is 10.8. The van der Waals surface area contributed by atoms with Gasteiger partial charge in [-0.1, -0.05) is 66.7 Å². The Morgan fingerprint density at radius 2 is 1.24 bits per heavy atom. The summed E-state index contributed by atoms with van der Waals surface area (Å²) in [4.78, 5) is 13.0. The Hall–Kier alpha value is -5.48. The second-order valence-electron chi connectivity index (χ2n) is 10.9. The number of carbonyl (C=O) groups excluding carboxylic acids is 1. The third-order valence-corrected chi connectivity index (χ3v) is 7.89. The molecule has 5 aromatic carbocycles. The number of rotatable bonds is 17. The van der Waals surface area contributed by atoms with Gasteiger partial charge in [0.1, 0.15) is 19.8 Å². The zero-order chi connectivity index (χ0) is 35.1. The summed E-state index contributed by atoms with van der Waals surface area (Å²) in [5, 5.41) is 4.18. The predicted molar refractivity (Wildman–Crippen MR) is 197 cm³/mol. The number of halogens is 1. The van der Waals surface area contributed by atoms with E-state index in [0.29, 0.717) is 76.5 Å². The number of benzene rings is 5. The van der Waals surface area contributed by atoms with E-state index >= 15 is 0 Å². The second-order valence-corrected chi connectivity index (χ2v) is 11.7. The minimum absolute atomic E-state index is 0.261. The molecule has 5 aromatic rings. The fraction of sp³-hybridized carbons (Fsp3) is 0.200. The molecule has 0 fully saturated rings. The Morgan fingerprint density at radius 3 is 1.88 bits per heavy atom. The van der Waals surface area contributed by atoms with E-state index in [0.717, 1.165) is 16.7 Å². The highest BCUT2D eigenvalue weighted by Gasteiger charge is 2.15. The maximum Gasteiger partial charge on any atom is 0.271 e. The molecule has 1 amide bonds. The number of ether oxygens (including phenoxy) is 6. The van der Waals surface area contributed by atoms with E-state index in [1.807, 2.05) is 98.8 Å². The van der Waals surface area contributed by atoms with Crippen LogP contribution in [0.3, 0.4) is 0 Å². The third kappa shape index (κ3) is 10.0. The minimum Gasteiger partial charge on any atom is -0.493 e. The number of nitrogens with one attached hydrogen (secondary N) is 1. The molecule has 0 bridgehead atoms. The van der Waals surface area contributed by atoms with Crippen LogP contribution in [0, 0.1) is 0 Å². The Balaban J connectivity index is 1.21. The zero-order valence-corrected chi connectivity index (χ0v) is 29.8. The van der Waals surface area contributed by atoms with Gasteiger partial charge in [0.2, 0.25) is 0 Å². The van der Waals surface area contributed by atoms with E-state index in [4.69, 9.17) is 28.4 Å². The number of methoxy groups -OCH3 is 1. The summed E-state index contributed by atoms with van der Waals surface area (Å²) >= 11 is 3.61. The minimum atomic E-state index is -0.396. The lowest BCUT2D eigenvalue weighted by Gasteiger charge is -2.16. The maximum atomic E-state index is 13.0. The van der Waals surface area contributed by atoms with Crippen molar-refractivity contribution in [1.82, 2.24) is 5.43 Å². The summed E-state index contributed by atoms with van der Waals surface area (Å²) in [7, 11) is 1.61. The first kappa shape index (κ1) is 35.8. The molecule has 0 aliphatic rings. The summed E-state index contributed by atoms with van der Waals surface area (Å²) in [6.45, 7) is 5.70. The molecule has 0 aliphatic carbocycles. The first-order chi connectivity index (χ1) is 24.5. The van der Waals surface area contributed by atoms with Crippen molar-refractivity contribution < 1.29 is 33.2 Å². The molecule has 0 saturated heterocycles. The molecule has 0 atom stereocenters. The van der Waals surface area contributed by atoms with Crippen LogP contribution < -0.4 is 33.8 Å². The van der Waals surface area contributed by atoms with Crippen LogP contribution in [0.4, 0.5) is 0 Å². The highest BCUT2D eigenvalue weighted by atomic mass is 79.9. The van der Waals surface area contributed by atoms with Crippen molar-refractivity contribution in [3.63, 3.8) is 0 Å². The molecule has 0 unspecified atom stereocenters. The van der Waals surface area contributed by atoms with Gasteiger partial charge in [0.05, 0.1) is 31.0 Å². The number of carbonyl (C=O) groups is 1. The van der Waals surface area contributed by atoms with Crippen molar-refractivity contribution in [2.45, 2.75) is 33.7 Å². The molecule has 50 heavy (non-hydrogen) atoms. The molecule has 0 heterocycles. The van der Waals surface area contributed by atoms with Crippen LogP contribution in [0.1, 0.15) is 46.5 Å². The summed E-state index contributed by atoms with van der Waals surface area (Å²) < 4.78 is 36.1. The lowest BCUT2D eigenvalue weighted by Crippen LogP contribution is -2.17. The summed E-state index contributed by atoms with van der Waals surface area (Å²) in [6, 6.07) is 34.2. The molecule has 0 spiro atoms. The summed E-state index contributed by atoms with van der Waals surface area (Å²) in [5.41, 5.74) is 6.64. The average Bonchev–Trinajstić information content (AvgIpc) is 3.14. The number of hydrazone groups is 1. The predicted octanol–water partition coefficient (Wildman–Crippen LogP) is 8.76. The molecular formula is C40H39BrN2O7. The quantitative estimate of drug-likeness (QED) is 0.0753. The second kappa shape index (κ2) is 18.3. The van der Waals surface area contributed by atoms with E-state index in [2.05, 4.69) is 26.5 Å². The standard InChI is InChI=1S/C40H39BrN2O7/c1-4-46-37-23-32(17-19-35(37)49-26-29-14-10-7-11-15-29)40(44)43-42-24-31-20-33(41)39(38(22-31)47-5-2)50-27-30-16-18-34(36(21-30)45-3)48-25-28-12-8-6-9-13-28/h6-24H,4-5,25-27H2,1-3H3,(H,43,44)/b42-24+. The smallest absolute Gasteiger partial charge is 0.271 e. The molecule has 5 rings (SSSR count). The van der Waals surface area contributed by atoms with Crippen molar-refractivity contribution in [3.8, 4) is 34.5 Å². The van der Waals surface area contributed by atoms with Gasteiger partial charge in [0, 0.05) is 5.56 Å². The fourth-order valence-corrected chi connectivity index (χ4v) is 5.45. The van der Waals surface area contributed by atoms with Crippen molar-refractivity contribution in [2.24, 2.45) is 5.10 Å². The van der Waals surface area contributed by atoms with E-state index in [9.17, 15) is 4.79 Å². The van der Waals surface area contributed by atoms with Crippen molar-refractivity contribution >= 4 is 28.1 Å². The van der Waals surface area contributed by atoms with E-state index in [1.165, 1.54) is 6.21 Å². The van der Waals surface area contributed by atoms with Gasteiger partial charge in [0.25, 0.3) is 5.91 Å². The Kier molecular flexibility index (Phi) is 13.1. The Morgan fingerprint density at radius 1 is 0.640 bits per heavy atom. The first-order valence-electron chi connectivity index (χ1n) is 16.2. The first-order valence-corrected chi connectivity index (χ1v) is 17.0. The fourth-order valence-electron chi connectivity index (χ4n) is 4.88. The summed E-state index contributed by atoms with van der Waals surface area (Å²) in [6.07, 6.45) is 1.54. The van der Waals surface area contributed by atoms with Gasteiger partial charge >= 0.3 is 0 Å². The Labute approximate surface area is 300 Å². The van der Waals surface area contributed by atoms with Gasteiger partial charge in [-0.05, 0) is 94.5 Å². The van der Waals surface area contributed by atoms with Gasteiger partial charge in [-0.15, -0.1) is 0 Å². The van der Waals surface area contributed by atoms with Gasteiger partial charge in [0.15, 0.2) is 34.5 Å². The van der Waals surface area contributed by atoms with Crippen LogP contribution >= 0.6 is 15.9 Å². The molecular weight excluding hydrogens is 700 g/mol. The van der Waals surface area contributed by atoms with Gasteiger partial charge in [-0.3, -0.25) is 4.79 Å².